The van der Waals surface area contributed by atoms with E-state index in [0.717, 1.165) is 25.1 Å². The molecule has 0 bridgehead atoms. The molecule has 2 heterocycles. The van der Waals surface area contributed by atoms with Crippen molar-refractivity contribution in [2.45, 2.75) is 32.1 Å². The minimum Gasteiger partial charge on any atom is -0.344 e. The topological polar surface area (TPSA) is 67.9 Å². The minimum absolute atomic E-state index is 0.0304. The van der Waals surface area contributed by atoms with Crippen molar-refractivity contribution in [3.63, 3.8) is 0 Å². The molecule has 0 unspecified atom stereocenters. The van der Waals surface area contributed by atoms with Crippen molar-refractivity contribution in [2.24, 2.45) is 0 Å². The first-order valence-electron chi connectivity index (χ1n) is 10.5. The molecule has 0 fully saturated rings. The van der Waals surface area contributed by atoms with E-state index in [1.54, 1.807) is 18.2 Å². The summed E-state index contributed by atoms with van der Waals surface area (Å²) in [6, 6.07) is 17.7. The fourth-order valence-corrected chi connectivity index (χ4v) is 5.20. The van der Waals surface area contributed by atoms with Crippen LogP contribution in [0.1, 0.15) is 47.3 Å². The number of carbonyl (C=O) groups is 1. The molecule has 3 aliphatic rings. The number of nitriles is 2. The van der Waals surface area contributed by atoms with Gasteiger partial charge >= 0.3 is 0 Å². The van der Waals surface area contributed by atoms with Crippen LogP contribution in [0, 0.1) is 22.7 Å². The monoisotopic (exact) mass is 403 g/mol. The average molecular weight is 403 g/mol. The minimum atomic E-state index is -0.196. The van der Waals surface area contributed by atoms with E-state index in [4.69, 9.17) is 0 Å². The van der Waals surface area contributed by atoms with Gasteiger partial charge in [-0.25, -0.2) is 0 Å². The summed E-state index contributed by atoms with van der Waals surface area (Å²) in [7, 11) is 0. The molecule has 0 atom stereocenters. The van der Waals surface area contributed by atoms with Gasteiger partial charge in [0.1, 0.15) is 17.7 Å². The van der Waals surface area contributed by atoms with E-state index >= 15 is 0 Å². The molecular weight excluding hydrogens is 382 g/mol. The lowest BCUT2D eigenvalue weighted by molar-refractivity contribution is 0.104. The Kier molecular flexibility index (Phi) is 4.20. The Balaban J connectivity index is 1.69. The number of nitrogens with zero attached hydrogens (tertiary/aromatic N) is 3. The van der Waals surface area contributed by atoms with Crippen LogP contribution in [-0.4, -0.2) is 12.3 Å². The van der Waals surface area contributed by atoms with Gasteiger partial charge in [-0.05, 0) is 41.7 Å². The molecule has 2 aliphatic heterocycles. The third-order valence-corrected chi connectivity index (χ3v) is 6.66. The van der Waals surface area contributed by atoms with Crippen molar-refractivity contribution >= 4 is 17.0 Å². The molecule has 1 aliphatic carbocycles. The predicted molar refractivity (Wildman–Crippen MR) is 120 cm³/mol. The van der Waals surface area contributed by atoms with E-state index in [-0.39, 0.29) is 16.8 Å². The summed E-state index contributed by atoms with van der Waals surface area (Å²) in [5, 5.41) is 19.0. The number of anilines is 1. The summed E-state index contributed by atoms with van der Waals surface area (Å²) in [6.45, 7) is 5.37. The van der Waals surface area contributed by atoms with Crippen LogP contribution < -0.4 is 4.90 Å². The van der Waals surface area contributed by atoms with Gasteiger partial charge in [-0.1, -0.05) is 56.3 Å². The zero-order chi connectivity index (χ0) is 21.8. The maximum Gasteiger partial charge on any atom is 0.194 e. The Morgan fingerprint density at radius 2 is 1.77 bits per heavy atom. The van der Waals surface area contributed by atoms with Crippen molar-refractivity contribution in [3.05, 3.63) is 93.7 Å². The van der Waals surface area contributed by atoms with Crippen molar-refractivity contribution in [2.75, 3.05) is 11.4 Å². The Labute approximate surface area is 182 Å². The van der Waals surface area contributed by atoms with E-state index in [2.05, 4.69) is 36.9 Å². The number of hydrogen-bond donors (Lipinski definition) is 0. The largest absolute Gasteiger partial charge is 0.344 e. The number of aryl methyl sites for hydroxylation is 1. The molecule has 2 aromatic carbocycles. The van der Waals surface area contributed by atoms with Crippen molar-refractivity contribution < 1.29 is 4.79 Å². The van der Waals surface area contributed by atoms with Crippen LogP contribution in [0.15, 0.2) is 71.5 Å². The van der Waals surface area contributed by atoms with E-state index in [1.165, 1.54) is 16.8 Å². The van der Waals surface area contributed by atoms with E-state index in [0.29, 0.717) is 22.3 Å². The average Bonchev–Trinajstić information content (AvgIpc) is 3.18. The summed E-state index contributed by atoms with van der Waals surface area (Å²) in [6.07, 6.45) is 5.99. The maximum atomic E-state index is 13.2. The molecule has 0 N–H and O–H groups in total. The normalized spacial score (nSPS) is 20.5. The zero-order valence-electron chi connectivity index (χ0n) is 17.6. The van der Waals surface area contributed by atoms with Gasteiger partial charge in [0.05, 0.1) is 0 Å². The molecule has 0 radical (unpaired) electrons. The lowest BCUT2D eigenvalue weighted by Crippen LogP contribution is -2.29. The zero-order valence-corrected chi connectivity index (χ0v) is 17.6. The second-order valence-corrected chi connectivity index (χ2v) is 8.67. The molecule has 0 amide bonds. The summed E-state index contributed by atoms with van der Waals surface area (Å²) >= 11 is 0. The molecule has 31 heavy (non-hydrogen) atoms. The molecule has 0 spiro atoms. The lowest BCUT2D eigenvalue weighted by atomic mass is 9.83. The number of ketones is 1. The van der Waals surface area contributed by atoms with Crippen LogP contribution in [0.25, 0.3) is 5.57 Å². The third kappa shape index (κ3) is 2.62. The maximum absolute atomic E-state index is 13.2. The number of allylic oxidation sites excluding steroid dienone is 6. The van der Waals surface area contributed by atoms with Gasteiger partial charge in [-0.2, -0.15) is 10.5 Å². The Hall–Kier alpha value is -3.89. The first-order chi connectivity index (χ1) is 15.0. The van der Waals surface area contributed by atoms with Crippen molar-refractivity contribution in [1.82, 2.24) is 0 Å². The highest BCUT2D eigenvalue weighted by Crippen LogP contribution is 2.51. The SMILES string of the molecule is CC1(C)C(=CC=C2C(=O)c3ccccc3C2=C(C#N)C#N)N2CCCc3cccc1c32. The van der Waals surface area contributed by atoms with Crippen molar-refractivity contribution in [1.29, 1.82) is 10.5 Å². The van der Waals surface area contributed by atoms with E-state index in [1.807, 2.05) is 30.4 Å². The summed E-state index contributed by atoms with van der Waals surface area (Å²) < 4.78 is 0. The van der Waals surface area contributed by atoms with Gasteiger partial charge < -0.3 is 4.90 Å². The highest BCUT2D eigenvalue weighted by Gasteiger charge is 2.42. The van der Waals surface area contributed by atoms with Crippen LogP contribution in [0.4, 0.5) is 5.69 Å². The second kappa shape index (κ2) is 6.83. The van der Waals surface area contributed by atoms with Crippen LogP contribution in [0.2, 0.25) is 0 Å². The molecule has 0 saturated carbocycles. The van der Waals surface area contributed by atoms with Crippen molar-refractivity contribution in [3.8, 4) is 12.1 Å². The van der Waals surface area contributed by atoms with Gasteiger partial charge in [0.25, 0.3) is 0 Å². The highest BCUT2D eigenvalue weighted by atomic mass is 16.1. The number of Topliss-reactive ketones (excluding diaryl/α,β-unsaturated/α-hetero) is 1. The van der Waals surface area contributed by atoms with Crippen LogP contribution in [0.3, 0.4) is 0 Å². The first-order valence-corrected chi connectivity index (χ1v) is 10.5. The molecule has 150 valence electrons. The summed E-state index contributed by atoms with van der Waals surface area (Å²) in [5.74, 6) is -0.141. The number of rotatable bonds is 1. The Morgan fingerprint density at radius 3 is 2.52 bits per heavy atom. The molecule has 4 nitrogen and oxygen atoms in total. The van der Waals surface area contributed by atoms with Gasteiger partial charge in [0, 0.05) is 40.1 Å². The highest BCUT2D eigenvalue weighted by molar-refractivity contribution is 6.27. The van der Waals surface area contributed by atoms with Gasteiger partial charge in [0.15, 0.2) is 5.78 Å². The lowest BCUT2D eigenvalue weighted by Gasteiger charge is -2.30. The predicted octanol–water partition coefficient (Wildman–Crippen LogP) is 5.24. The number of para-hydroxylation sites is 1. The second-order valence-electron chi connectivity index (χ2n) is 8.67. The number of hydrogen-bond acceptors (Lipinski definition) is 4. The van der Waals surface area contributed by atoms with Gasteiger partial charge in [-0.3, -0.25) is 4.79 Å². The summed E-state index contributed by atoms with van der Waals surface area (Å²) in [5.41, 5.74) is 6.94. The van der Waals surface area contributed by atoms with Crippen LogP contribution in [0.5, 0.6) is 0 Å². The molecular formula is C27H21N3O. The molecule has 0 aromatic heterocycles. The van der Waals surface area contributed by atoms with E-state index < -0.39 is 0 Å². The fraction of sp³-hybridized carbons (Fsp3) is 0.222. The molecule has 4 heteroatoms. The fourth-order valence-electron chi connectivity index (χ4n) is 5.20. The van der Waals surface area contributed by atoms with Gasteiger partial charge in [0.2, 0.25) is 0 Å². The number of fused-ring (bicyclic) bond motifs is 1. The van der Waals surface area contributed by atoms with Crippen LogP contribution in [-0.2, 0) is 11.8 Å². The third-order valence-electron chi connectivity index (χ3n) is 6.66. The smallest absolute Gasteiger partial charge is 0.194 e. The van der Waals surface area contributed by atoms with Crippen LogP contribution >= 0.6 is 0 Å². The first kappa shape index (κ1) is 19.1. The molecule has 2 aromatic rings. The summed E-state index contributed by atoms with van der Waals surface area (Å²) in [4.78, 5) is 15.6. The van der Waals surface area contributed by atoms with Gasteiger partial charge in [-0.15, -0.1) is 0 Å². The Bertz CT molecular complexity index is 1310. The number of benzene rings is 2. The van der Waals surface area contributed by atoms with E-state index in [9.17, 15) is 15.3 Å². The Morgan fingerprint density at radius 1 is 1.03 bits per heavy atom. The molecule has 5 rings (SSSR count). The standard InChI is InChI=1S/C27H21N3O/c1-27(2)22-11-5-7-17-8-6-14-30(25(17)22)23(27)13-12-21-24(18(15-28)16-29)19-9-3-4-10-20(19)26(21)31/h3-5,7,9-13H,6,8,14H2,1-2H3. The number of carbonyl (C=O) groups excluding carboxylic acids is 1. The quantitative estimate of drug-likeness (QED) is 0.482. The molecule has 0 saturated heterocycles.